The number of rotatable bonds is 2. The standard InChI is InChI=1S/C10H15N3/c11-8-10(4-2-6-13-10)9-3-1-5-12-7-9/h1,3,5,7,13H,2,4,6,8,11H2. The van der Waals surface area contributed by atoms with Crippen LogP contribution in [0, 0.1) is 0 Å². The van der Waals surface area contributed by atoms with Gasteiger partial charge in [-0.2, -0.15) is 0 Å². The quantitative estimate of drug-likeness (QED) is 0.696. The fraction of sp³-hybridized carbons (Fsp3) is 0.500. The van der Waals surface area contributed by atoms with Gasteiger partial charge >= 0.3 is 0 Å². The van der Waals surface area contributed by atoms with Gasteiger partial charge in [0.05, 0.1) is 5.54 Å². The second-order valence-electron chi connectivity index (χ2n) is 3.56. The maximum atomic E-state index is 5.81. The molecular weight excluding hydrogens is 162 g/mol. The Kier molecular flexibility index (Phi) is 2.29. The number of nitrogens with zero attached hydrogens (tertiary/aromatic N) is 1. The molecule has 3 heteroatoms. The Morgan fingerprint density at radius 1 is 1.62 bits per heavy atom. The number of pyridine rings is 1. The molecule has 0 aliphatic carbocycles. The van der Waals surface area contributed by atoms with E-state index < -0.39 is 0 Å². The van der Waals surface area contributed by atoms with Gasteiger partial charge in [-0.1, -0.05) is 6.07 Å². The van der Waals surface area contributed by atoms with Gasteiger partial charge in [-0.3, -0.25) is 4.98 Å². The topological polar surface area (TPSA) is 50.9 Å². The van der Waals surface area contributed by atoms with Crippen molar-refractivity contribution in [3.8, 4) is 0 Å². The summed E-state index contributed by atoms with van der Waals surface area (Å²) in [5.41, 5.74) is 7.02. The highest BCUT2D eigenvalue weighted by molar-refractivity contribution is 5.22. The summed E-state index contributed by atoms with van der Waals surface area (Å²) in [6, 6.07) is 4.06. The van der Waals surface area contributed by atoms with Crippen molar-refractivity contribution in [1.82, 2.24) is 10.3 Å². The molecule has 3 N–H and O–H groups in total. The van der Waals surface area contributed by atoms with Crippen molar-refractivity contribution < 1.29 is 0 Å². The smallest absolute Gasteiger partial charge is 0.0574 e. The molecule has 0 saturated carbocycles. The van der Waals surface area contributed by atoms with Crippen LogP contribution in [0.25, 0.3) is 0 Å². The molecule has 1 fully saturated rings. The summed E-state index contributed by atoms with van der Waals surface area (Å²) in [7, 11) is 0. The van der Waals surface area contributed by atoms with Gasteiger partial charge in [-0.05, 0) is 31.0 Å². The van der Waals surface area contributed by atoms with Gasteiger partial charge < -0.3 is 11.1 Å². The van der Waals surface area contributed by atoms with Crippen LogP contribution in [0.15, 0.2) is 24.5 Å². The average molecular weight is 177 g/mol. The molecule has 1 aromatic rings. The van der Waals surface area contributed by atoms with Crippen molar-refractivity contribution in [3.63, 3.8) is 0 Å². The van der Waals surface area contributed by atoms with Crippen LogP contribution in [0.4, 0.5) is 0 Å². The summed E-state index contributed by atoms with van der Waals surface area (Å²) in [5, 5.41) is 3.47. The molecule has 0 radical (unpaired) electrons. The van der Waals surface area contributed by atoms with Crippen LogP contribution in [-0.2, 0) is 5.54 Å². The molecule has 2 heterocycles. The molecule has 0 amide bonds. The van der Waals surface area contributed by atoms with E-state index in [1.165, 1.54) is 12.0 Å². The molecule has 1 aliphatic rings. The van der Waals surface area contributed by atoms with Crippen LogP contribution < -0.4 is 11.1 Å². The zero-order chi connectivity index (χ0) is 9.15. The van der Waals surface area contributed by atoms with E-state index in [1.54, 1.807) is 6.20 Å². The van der Waals surface area contributed by atoms with Crippen molar-refractivity contribution in [2.24, 2.45) is 5.73 Å². The molecule has 0 aromatic carbocycles. The average Bonchev–Trinajstić information content (AvgIpc) is 2.69. The molecule has 13 heavy (non-hydrogen) atoms. The highest BCUT2D eigenvalue weighted by Crippen LogP contribution is 2.28. The molecule has 1 aromatic heterocycles. The first-order chi connectivity index (χ1) is 6.37. The largest absolute Gasteiger partial charge is 0.328 e. The van der Waals surface area contributed by atoms with Crippen molar-refractivity contribution in [1.29, 1.82) is 0 Å². The Morgan fingerprint density at radius 2 is 2.54 bits per heavy atom. The first-order valence-corrected chi connectivity index (χ1v) is 4.73. The Balaban J connectivity index is 2.31. The molecule has 0 spiro atoms. The second-order valence-corrected chi connectivity index (χ2v) is 3.56. The lowest BCUT2D eigenvalue weighted by molar-refractivity contribution is 0.400. The van der Waals surface area contributed by atoms with Crippen LogP contribution in [0.5, 0.6) is 0 Å². The summed E-state index contributed by atoms with van der Waals surface area (Å²) >= 11 is 0. The minimum atomic E-state index is -0.00569. The van der Waals surface area contributed by atoms with E-state index in [2.05, 4.69) is 16.4 Å². The molecule has 2 rings (SSSR count). The fourth-order valence-electron chi connectivity index (χ4n) is 1.99. The van der Waals surface area contributed by atoms with Crippen molar-refractivity contribution in [2.45, 2.75) is 18.4 Å². The predicted octanol–water partition coefficient (Wildman–Crippen LogP) is 0.619. The summed E-state index contributed by atoms with van der Waals surface area (Å²) in [6.45, 7) is 1.71. The predicted molar refractivity (Wildman–Crippen MR) is 52.2 cm³/mol. The number of hydrogen-bond acceptors (Lipinski definition) is 3. The monoisotopic (exact) mass is 177 g/mol. The lowest BCUT2D eigenvalue weighted by atomic mass is 9.90. The summed E-state index contributed by atoms with van der Waals surface area (Å²) in [5.74, 6) is 0. The van der Waals surface area contributed by atoms with E-state index in [4.69, 9.17) is 5.73 Å². The molecule has 1 aliphatic heterocycles. The SMILES string of the molecule is NCC1(c2cccnc2)CCCN1. The van der Waals surface area contributed by atoms with Crippen LogP contribution in [0.3, 0.4) is 0 Å². The van der Waals surface area contributed by atoms with E-state index in [0.29, 0.717) is 6.54 Å². The first-order valence-electron chi connectivity index (χ1n) is 4.73. The van der Waals surface area contributed by atoms with E-state index >= 15 is 0 Å². The second kappa shape index (κ2) is 3.44. The summed E-state index contributed by atoms with van der Waals surface area (Å²) in [4.78, 5) is 4.13. The third-order valence-electron chi connectivity index (χ3n) is 2.81. The van der Waals surface area contributed by atoms with Gasteiger partial charge in [0.1, 0.15) is 0 Å². The molecule has 0 bridgehead atoms. The Hall–Kier alpha value is -0.930. The molecule has 1 saturated heterocycles. The Labute approximate surface area is 78.4 Å². The van der Waals surface area contributed by atoms with Gasteiger partial charge in [0, 0.05) is 18.9 Å². The third-order valence-corrected chi connectivity index (χ3v) is 2.81. The van der Waals surface area contributed by atoms with Crippen LogP contribution >= 0.6 is 0 Å². The Morgan fingerprint density at radius 3 is 3.08 bits per heavy atom. The van der Waals surface area contributed by atoms with Crippen molar-refractivity contribution in [3.05, 3.63) is 30.1 Å². The Bertz CT molecular complexity index is 265. The lowest BCUT2D eigenvalue weighted by Gasteiger charge is -2.27. The zero-order valence-electron chi connectivity index (χ0n) is 7.66. The molecule has 3 nitrogen and oxygen atoms in total. The van der Waals surface area contributed by atoms with Crippen molar-refractivity contribution >= 4 is 0 Å². The zero-order valence-corrected chi connectivity index (χ0v) is 7.66. The minimum Gasteiger partial charge on any atom is -0.328 e. The molecule has 70 valence electrons. The van der Waals surface area contributed by atoms with Gasteiger partial charge in [0.15, 0.2) is 0 Å². The van der Waals surface area contributed by atoms with E-state index in [9.17, 15) is 0 Å². The summed E-state index contributed by atoms with van der Waals surface area (Å²) in [6.07, 6.45) is 6.02. The van der Waals surface area contributed by atoms with E-state index in [0.717, 1.165) is 13.0 Å². The maximum Gasteiger partial charge on any atom is 0.0574 e. The molecule has 1 atom stereocenters. The van der Waals surface area contributed by atoms with Gasteiger partial charge in [0.2, 0.25) is 0 Å². The molecular formula is C10H15N3. The summed E-state index contributed by atoms with van der Waals surface area (Å²) < 4.78 is 0. The van der Waals surface area contributed by atoms with E-state index in [-0.39, 0.29) is 5.54 Å². The highest BCUT2D eigenvalue weighted by Gasteiger charge is 2.33. The van der Waals surface area contributed by atoms with Crippen LogP contribution in [0.2, 0.25) is 0 Å². The van der Waals surface area contributed by atoms with Gasteiger partial charge in [-0.25, -0.2) is 0 Å². The fourth-order valence-corrected chi connectivity index (χ4v) is 1.99. The van der Waals surface area contributed by atoms with E-state index in [1.807, 2.05) is 12.3 Å². The first kappa shape index (κ1) is 8.66. The maximum absolute atomic E-state index is 5.81. The number of aromatic nitrogens is 1. The number of hydrogen-bond donors (Lipinski definition) is 2. The van der Waals surface area contributed by atoms with Gasteiger partial charge in [-0.15, -0.1) is 0 Å². The normalized spacial score (nSPS) is 27.8. The lowest BCUT2D eigenvalue weighted by Crippen LogP contribution is -2.43. The third kappa shape index (κ3) is 1.45. The van der Waals surface area contributed by atoms with Gasteiger partial charge in [0.25, 0.3) is 0 Å². The van der Waals surface area contributed by atoms with Crippen LogP contribution in [-0.4, -0.2) is 18.1 Å². The minimum absolute atomic E-state index is 0.00569. The van der Waals surface area contributed by atoms with Crippen molar-refractivity contribution in [2.75, 3.05) is 13.1 Å². The molecule has 1 unspecified atom stereocenters. The van der Waals surface area contributed by atoms with Crippen LogP contribution in [0.1, 0.15) is 18.4 Å². The number of nitrogens with two attached hydrogens (primary N) is 1. The number of nitrogens with one attached hydrogen (secondary N) is 1. The highest BCUT2D eigenvalue weighted by atomic mass is 15.0.